The highest BCUT2D eigenvalue weighted by atomic mass is 32.2. The fourth-order valence-corrected chi connectivity index (χ4v) is 5.40. The number of hydrogen-bond acceptors (Lipinski definition) is 7. The van der Waals surface area contributed by atoms with E-state index in [1.54, 1.807) is 11.0 Å². The van der Waals surface area contributed by atoms with Gasteiger partial charge in [-0.3, -0.25) is 14.5 Å². The van der Waals surface area contributed by atoms with Crippen molar-refractivity contribution < 1.29 is 27.5 Å². The average Bonchev–Trinajstić information content (AvgIpc) is 3.62. The third-order valence-electron chi connectivity index (χ3n) is 5.98. The number of carbonyl (C=O) groups is 2. The molecule has 1 aromatic carbocycles. The summed E-state index contributed by atoms with van der Waals surface area (Å²) in [6, 6.07) is 4.45. The Morgan fingerprint density at radius 1 is 1.06 bits per heavy atom. The zero-order valence-electron chi connectivity index (χ0n) is 18.3. The quantitative estimate of drug-likeness (QED) is 0.590. The summed E-state index contributed by atoms with van der Waals surface area (Å²) in [6.45, 7) is 4.85. The molecule has 3 aliphatic rings. The number of sulfonamides is 1. The van der Waals surface area contributed by atoms with Gasteiger partial charge in [-0.15, -0.1) is 0 Å². The summed E-state index contributed by atoms with van der Waals surface area (Å²) in [5, 5.41) is 0. The van der Waals surface area contributed by atoms with E-state index in [-0.39, 0.29) is 28.5 Å². The van der Waals surface area contributed by atoms with Gasteiger partial charge in [0.05, 0.1) is 26.9 Å². The summed E-state index contributed by atoms with van der Waals surface area (Å²) in [6.07, 6.45) is 1.64. The van der Waals surface area contributed by atoms with Gasteiger partial charge in [-0.05, 0) is 31.0 Å². The fourth-order valence-electron chi connectivity index (χ4n) is 3.90. The van der Waals surface area contributed by atoms with Crippen molar-refractivity contribution in [2.24, 2.45) is 0 Å². The van der Waals surface area contributed by atoms with Crippen molar-refractivity contribution in [1.82, 2.24) is 19.4 Å². The number of ether oxygens (including phenoxy) is 2. The van der Waals surface area contributed by atoms with Crippen LogP contribution in [0.1, 0.15) is 23.2 Å². The van der Waals surface area contributed by atoms with Crippen molar-refractivity contribution in [1.29, 1.82) is 0 Å². The molecule has 1 saturated carbocycles. The zero-order valence-corrected chi connectivity index (χ0v) is 19.1. The predicted octanol–water partition coefficient (Wildman–Crippen LogP) is -0.247. The van der Waals surface area contributed by atoms with E-state index in [2.05, 4.69) is 4.72 Å². The van der Waals surface area contributed by atoms with Crippen LogP contribution in [-0.2, 0) is 19.6 Å². The number of benzene rings is 1. The van der Waals surface area contributed by atoms with Gasteiger partial charge in [0.25, 0.3) is 5.91 Å². The van der Waals surface area contributed by atoms with Crippen molar-refractivity contribution in [3.63, 3.8) is 0 Å². The molecule has 0 aromatic heterocycles. The Hall–Kier alpha value is -2.21. The van der Waals surface area contributed by atoms with E-state index in [1.807, 2.05) is 9.80 Å². The van der Waals surface area contributed by atoms with Gasteiger partial charge in [-0.1, -0.05) is 0 Å². The number of piperazine rings is 1. The van der Waals surface area contributed by atoms with Crippen LogP contribution in [0.3, 0.4) is 0 Å². The molecule has 1 N–H and O–H groups in total. The summed E-state index contributed by atoms with van der Waals surface area (Å²) >= 11 is 0. The Kier molecular flexibility index (Phi) is 6.99. The summed E-state index contributed by atoms with van der Waals surface area (Å²) in [4.78, 5) is 31.0. The SMILES string of the molecule is COc1ccc(C(=O)N2CCN(CC(=O)N3CCOCC3)CC2)cc1S(=O)(=O)NC1CC1. The maximum absolute atomic E-state index is 13.1. The zero-order chi connectivity index (χ0) is 22.7. The molecule has 2 amide bonds. The van der Waals surface area contributed by atoms with Crippen molar-refractivity contribution in [3.8, 4) is 5.75 Å². The smallest absolute Gasteiger partial charge is 0.253 e. The van der Waals surface area contributed by atoms with E-state index >= 15 is 0 Å². The average molecular weight is 467 g/mol. The number of amides is 2. The highest BCUT2D eigenvalue weighted by molar-refractivity contribution is 7.89. The molecule has 0 spiro atoms. The minimum absolute atomic E-state index is 0.0208. The molecule has 0 radical (unpaired) electrons. The van der Waals surface area contributed by atoms with Crippen LogP contribution in [0.2, 0.25) is 0 Å². The van der Waals surface area contributed by atoms with E-state index in [4.69, 9.17) is 9.47 Å². The maximum Gasteiger partial charge on any atom is 0.253 e. The number of methoxy groups -OCH3 is 1. The van der Waals surface area contributed by atoms with Crippen molar-refractivity contribution in [2.75, 3.05) is 66.1 Å². The summed E-state index contributed by atoms with van der Waals surface area (Å²) in [5.74, 6) is 0.0667. The first-order valence-corrected chi connectivity index (χ1v) is 12.4. The van der Waals surface area contributed by atoms with E-state index < -0.39 is 10.0 Å². The lowest BCUT2D eigenvalue weighted by atomic mass is 10.1. The molecular formula is C21H30N4O6S. The largest absolute Gasteiger partial charge is 0.495 e. The second-order valence-corrected chi connectivity index (χ2v) is 10.0. The van der Waals surface area contributed by atoms with Gasteiger partial charge in [0.2, 0.25) is 15.9 Å². The molecule has 1 aromatic rings. The molecule has 0 bridgehead atoms. The number of carbonyl (C=O) groups excluding carboxylic acids is 2. The Morgan fingerprint density at radius 2 is 1.75 bits per heavy atom. The van der Waals surface area contributed by atoms with Crippen LogP contribution in [0.4, 0.5) is 0 Å². The molecular weight excluding hydrogens is 436 g/mol. The van der Waals surface area contributed by atoms with Gasteiger partial charge in [0, 0.05) is 50.9 Å². The monoisotopic (exact) mass is 466 g/mol. The molecule has 0 unspecified atom stereocenters. The second kappa shape index (κ2) is 9.74. The van der Waals surface area contributed by atoms with Crippen LogP contribution in [0.25, 0.3) is 0 Å². The molecule has 2 saturated heterocycles. The highest BCUT2D eigenvalue weighted by Gasteiger charge is 2.31. The fraction of sp³-hybridized carbons (Fsp3) is 0.619. The van der Waals surface area contributed by atoms with Gasteiger partial charge in [-0.2, -0.15) is 0 Å². The molecule has 4 rings (SSSR count). The van der Waals surface area contributed by atoms with Crippen LogP contribution in [-0.4, -0.2) is 107 Å². The third kappa shape index (κ3) is 5.40. The minimum Gasteiger partial charge on any atom is -0.495 e. The van der Waals surface area contributed by atoms with E-state index in [0.29, 0.717) is 64.6 Å². The minimum atomic E-state index is -3.76. The standard InChI is InChI=1S/C21H30N4O6S/c1-30-18-5-2-16(14-19(18)32(28,29)22-17-3-4-17)21(27)25-8-6-23(7-9-25)15-20(26)24-10-12-31-13-11-24/h2,5,14,17,22H,3-4,6-13,15H2,1H3. The number of hydrogen-bond donors (Lipinski definition) is 1. The maximum atomic E-state index is 13.1. The van der Waals surface area contributed by atoms with Crippen LogP contribution < -0.4 is 9.46 Å². The van der Waals surface area contributed by atoms with Crippen molar-refractivity contribution >= 4 is 21.8 Å². The first-order valence-electron chi connectivity index (χ1n) is 10.9. The molecule has 10 nitrogen and oxygen atoms in total. The lowest BCUT2D eigenvalue weighted by molar-refractivity contribution is -0.136. The normalized spacial score (nSPS) is 20.3. The highest BCUT2D eigenvalue weighted by Crippen LogP contribution is 2.28. The lowest BCUT2D eigenvalue weighted by Crippen LogP contribution is -2.52. The summed E-state index contributed by atoms with van der Waals surface area (Å²) in [7, 11) is -2.36. The Labute approximate surface area is 188 Å². The van der Waals surface area contributed by atoms with Gasteiger partial charge >= 0.3 is 0 Å². The first kappa shape index (κ1) is 23.0. The molecule has 1 aliphatic carbocycles. The van der Waals surface area contributed by atoms with E-state index in [0.717, 1.165) is 12.8 Å². The molecule has 176 valence electrons. The van der Waals surface area contributed by atoms with Crippen LogP contribution in [0.15, 0.2) is 23.1 Å². The van der Waals surface area contributed by atoms with E-state index in [1.165, 1.54) is 19.2 Å². The Balaban J connectivity index is 1.37. The van der Waals surface area contributed by atoms with Crippen LogP contribution in [0, 0.1) is 0 Å². The number of rotatable bonds is 7. The van der Waals surface area contributed by atoms with Gasteiger partial charge < -0.3 is 19.3 Å². The van der Waals surface area contributed by atoms with Gasteiger partial charge in [0.15, 0.2) is 0 Å². The van der Waals surface area contributed by atoms with Crippen LogP contribution in [0.5, 0.6) is 5.75 Å². The summed E-state index contributed by atoms with van der Waals surface area (Å²) < 4.78 is 38.6. The third-order valence-corrected chi connectivity index (χ3v) is 7.52. The summed E-state index contributed by atoms with van der Waals surface area (Å²) in [5.41, 5.74) is 0.305. The Morgan fingerprint density at radius 3 is 2.38 bits per heavy atom. The van der Waals surface area contributed by atoms with E-state index in [9.17, 15) is 18.0 Å². The number of nitrogens with one attached hydrogen (secondary N) is 1. The lowest BCUT2D eigenvalue weighted by Gasteiger charge is -2.36. The second-order valence-electron chi connectivity index (χ2n) is 8.32. The topological polar surface area (TPSA) is 108 Å². The van der Waals surface area contributed by atoms with Crippen molar-refractivity contribution in [2.45, 2.75) is 23.8 Å². The molecule has 32 heavy (non-hydrogen) atoms. The molecule has 11 heteroatoms. The van der Waals surface area contributed by atoms with Gasteiger partial charge in [0.1, 0.15) is 10.6 Å². The molecule has 2 heterocycles. The Bertz CT molecular complexity index is 951. The molecule has 2 aliphatic heterocycles. The van der Waals surface area contributed by atoms with Gasteiger partial charge in [-0.25, -0.2) is 13.1 Å². The molecule has 0 atom stereocenters. The number of morpholine rings is 1. The first-order chi connectivity index (χ1) is 15.4. The van der Waals surface area contributed by atoms with Crippen LogP contribution >= 0.6 is 0 Å². The molecule has 3 fully saturated rings. The number of nitrogens with zero attached hydrogens (tertiary/aromatic N) is 3. The predicted molar refractivity (Wildman–Crippen MR) is 116 cm³/mol. The van der Waals surface area contributed by atoms with Crippen molar-refractivity contribution in [3.05, 3.63) is 23.8 Å².